The first kappa shape index (κ1) is 14.2. The predicted molar refractivity (Wildman–Crippen MR) is 81.4 cm³/mol. The lowest BCUT2D eigenvalue weighted by molar-refractivity contribution is -0.130. The highest BCUT2D eigenvalue weighted by Gasteiger charge is 2.23. The van der Waals surface area contributed by atoms with E-state index in [4.69, 9.17) is 0 Å². The van der Waals surface area contributed by atoms with Crippen LogP contribution in [-0.2, 0) is 22.4 Å². The van der Waals surface area contributed by atoms with E-state index < -0.39 is 0 Å². The minimum Gasteiger partial charge on any atom is -0.297 e. The van der Waals surface area contributed by atoms with Crippen molar-refractivity contribution in [1.82, 2.24) is 9.99 Å². The molecule has 0 unspecified atom stereocenters. The molecule has 0 fully saturated rings. The highest BCUT2D eigenvalue weighted by Crippen LogP contribution is 2.29. The fraction of sp³-hybridized carbons (Fsp3) is 0.571. The zero-order valence-corrected chi connectivity index (χ0v) is 12.8. The van der Waals surface area contributed by atoms with Gasteiger partial charge in [0.1, 0.15) is 5.71 Å². The summed E-state index contributed by atoms with van der Waals surface area (Å²) in [7, 11) is 1.57. The first-order chi connectivity index (χ1) is 10.1. The molecule has 112 valence electrons. The number of thiazole rings is 1. The predicted octanol–water partition coefficient (Wildman–Crippen LogP) is 1.96. The lowest BCUT2D eigenvalue weighted by Gasteiger charge is -2.18. The monoisotopic (exact) mass is 306 g/mol. The maximum Gasteiger partial charge on any atom is 0.273 e. The van der Waals surface area contributed by atoms with Crippen LogP contribution in [0.3, 0.4) is 0 Å². The molecule has 6 nitrogen and oxygen atoms in total. The van der Waals surface area contributed by atoms with Crippen LogP contribution < -0.4 is 5.32 Å². The molecule has 1 aromatic rings. The molecule has 1 aromatic heterocycles. The topological polar surface area (TPSA) is 74.7 Å². The van der Waals surface area contributed by atoms with Gasteiger partial charge in [-0.05, 0) is 25.7 Å². The van der Waals surface area contributed by atoms with Gasteiger partial charge < -0.3 is 0 Å². The molecule has 3 rings (SSSR count). The number of amides is 2. The largest absolute Gasteiger partial charge is 0.297 e. The summed E-state index contributed by atoms with van der Waals surface area (Å²) in [5.41, 5.74) is 1.52. The van der Waals surface area contributed by atoms with E-state index in [2.05, 4.69) is 15.4 Å². The smallest absolute Gasteiger partial charge is 0.273 e. The Labute approximate surface area is 127 Å². The lowest BCUT2D eigenvalue weighted by atomic mass is 10.1. The summed E-state index contributed by atoms with van der Waals surface area (Å²) in [6.07, 6.45) is 6.39. The fourth-order valence-corrected chi connectivity index (χ4v) is 3.63. The molecule has 0 saturated heterocycles. The molecule has 1 aliphatic heterocycles. The van der Waals surface area contributed by atoms with Crippen molar-refractivity contribution in [3.63, 3.8) is 0 Å². The summed E-state index contributed by atoms with van der Waals surface area (Å²) in [4.78, 5) is 29.4. The number of nitrogens with one attached hydrogen (secondary N) is 1. The number of carbonyl (C=O) groups is 2. The Balaban J connectivity index is 1.71. The summed E-state index contributed by atoms with van der Waals surface area (Å²) in [5, 5.41) is 8.72. The van der Waals surface area contributed by atoms with E-state index in [0.29, 0.717) is 23.7 Å². The Morgan fingerprint density at radius 2 is 2.00 bits per heavy atom. The first-order valence-electron chi connectivity index (χ1n) is 7.27. The van der Waals surface area contributed by atoms with Crippen molar-refractivity contribution in [1.29, 1.82) is 0 Å². The number of carbonyl (C=O) groups excluding carboxylic acids is 2. The summed E-state index contributed by atoms with van der Waals surface area (Å²) >= 11 is 1.56. The van der Waals surface area contributed by atoms with Crippen molar-refractivity contribution in [3.8, 4) is 0 Å². The van der Waals surface area contributed by atoms with Gasteiger partial charge in [0, 0.05) is 24.8 Å². The van der Waals surface area contributed by atoms with Gasteiger partial charge in [0.25, 0.3) is 5.91 Å². The Kier molecular flexibility index (Phi) is 4.01. The number of aryl methyl sites for hydroxylation is 2. The van der Waals surface area contributed by atoms with Gasteiger partial charge in [0.15, 0.2) is 5.13 Å². The van der Waals surface area contributed by atoms with Gasteiger partial charge >= 0.3 is 0 Å². The maximum atomic E-state index is 12.2. The van der Waals surface area contributed by atoms with Gasteiger partial charge in [-0.25, -0.2) is 9.99 Å². The standard InChI is InChI=1S/C14H18N4O2S/c1-18-12(19)8-7-10(17-18)13(20)16-14-15-9-5-3-2-4-6-11(9)21-14/h2-8H2,1H3,(H,15,16,20). The van der Waals surface area contributed by atoms with Gasteiger partial charge in [-0.3, -0.25) is 14.9 Å². The number of nitrogens with zero attached hydrogens (tertiary/aromatic N) is 3. The molecule has 0 radical (unpaired) electrons. The molecule has 2 amide bonds. The molecule has 1 N–H and O–H groups in total. The highest BCUT2D eigenvalue weighted by atomic mass is 32.1. The number of hydrazone groups is 1. The van der Waals surface area contributed by atoms with E-state index in [-0.39, 0.29) is 11.8 Å². The second-order valence-electron chi connectivity index (χ2n) is 5.37. The zero-order chi connectivity index (χ0) is 14.8. The molecular weight excluding hydrogens is 288 g/mol. The Morgan fingerprint density at radius 1 is 1.19 bits per heavy atom. The third-order valence-corrected chi connectivity index (χ3v) is 4.86. The average molecular weight is 306 g/mol. The molecule has 2 heterocycles. The van der Waals surface area contributed by atoms with Gasteiger partial charge in [0.2, 0.25) is 5.91 Å². The molecular formula is C14H18N4O2S. The molecule has 7 heteroatoms. The van der Waals surface area contributed by atoms with Crippen molar-refractivity contribution in [3.05, 3.63) is 10.6 Å². The van der Waals surface area contributed by atoms with Crippen LogP contribution in [0.25, 0.3) is 0 Å². The third-order valence-electron chi connectivity index (χ3n) is 3.79. The quantitative estimate of drug-likeness (QED) is 0.849. The maximum absolute atomic E-state index is 12.2. The second kappa shape index (κ2) is 5.93. The van der Waals surface area contributed by atoms with Crippen LogP contribution in [-0.4, -0.2) is 34.6 Å². The van der Waals surface area contributed by atoms with E-state index in [1.807, 2.05) is 0 Å². The molecule has 0 bridgehead atoms. The molecule has 0 aromatic carbocycles. The van der Waals surface area contributed by atoms with Crippen LogP contribution in [0.4, 0.5) is 5.13 Å². The second-order valence-corrected chi connectivity index (χ2v) is 6.45. The van der Waals surface area contributed by atoms with Gasteiger partial charge in [-0.15, -0.1) is 11.3 Å². The molecule has 0 saturated carbocycles. The van der Waals surface area contributed by atoms with Crippen LogP contribution in [0, 0.1) is 0 Å². The van der Waals surface area contributed by atoms with Gasteiger partial charge in [-0.2, -0.15) is 5.10 Å². The van der Waals surface area contributed by atoms with Gasteiger partial charge in [-0.1, -0.05) is 6.42 Å². The zero-order valence-electron chi connectivity index (χ0n) is 12.0. The molecule has 2 aliphatic rings. The van der Waals surface area contributed by atoms with Crippen LogP contribution >= 0.6 is 11.3 Å². The van der Waals surface area contributed by atoms with Crippen LogP contribution in [0.2, 0.25) is 0 Å². The Bertz CT molecular complexity index is 585. The van der Waals surface area contributed by atoms with Crippen LogP contribution in [0.15, 0.2) is 5.10 Å². The van der Waals surface area contributed by atoms with Gasteiger partial charge in [0.05, 0.1) is 5.69 Å². The number of anilines is 1. The minimum absolute atomic E-state index is 0.0625. The van der Waals surface area contributed by atoms with Crippen LogP contribution in [0.5, 0.6) is 0 Å². The normalized spacial score (nSPS) is 18.8. The SMILES string of the molecule is CN1N=C(C(=O)Nc2nc3c(s2)CCCCC3)CCC1=O. The van der Waals surface area contributed by atoms with E-state index in [9.17, 15) is 9.59 Å². The number of hydrogen-bond acceptors (Lipinski definition) is 5. The summed E-state index contributed by atoms with van der Waals surface area (Å²) < 4.78 is 0. The third kappa shape index (κ3) is 3.12. The number of rotatable bonds is 2. The number of hydrogen-bond donors (Lipinski definition) is 1. The summed E-state index contributed by atoms with van der Waals surface area (Å²) in [6, 6.07) is 0. The van der Waals surface area contributed by atoms with E-state index >= 15 is 0 Å². The summed E-state index contributed by atoms with van der Waals surface area (Å²) in [6.45, 7) is 0. The Hall–Kier alpha value is -1.76. The van der Waals surface area contributed by atoms with Crippen molar-refractivity contribution in [2.75, 3.05) is 12.4 Å². The molecule has 21 heavy (non-hydrogen) atoms. The van der Waals surface area contributed by atoms with Crippen molar-refractivity contribution in [2.45, 2.75) is 44.9 Å². The fourth-order valence-electron chi connectivity index (χ4n) is 2.58. The molecule has 1 aliphatic carbocycles. The van der Waals surface area contributed by atoms with Crippen molar-refractivity contribution < 1.29 is 9.59 Å². The molecule has 0 atom stereocenters. The van der Waals surface area contributed by atoms with E-state index in [1.165, 1.54) is 29.1 Å². The van der Waals surface area contributed by atoms with Crippen molar-refractivity contribution >= 4 is 34.0 Å². The first-order valence-corrected chi connectivity index (χ1v) is 8.09. The van der Waals surface area contributed by atoms with E-state index in [0.717, 1.165) is 18.5 Å². The van der Waals surface area contributed by atoms with Crippen LogP contribution in [0.1, 0.15) is 42.7 Å². The number of fused-ring (bicyclic) bond motifs is 1. The highest BCUT2D eigenvalue weighted by molar-refractivity contribution is 7.16. The number of aromatic nitrogens is 1. The minimum atomic E-state index is -0.252. The molecule has 0 spiro atoms. The van der Waals surface area contributed by atoms with E-state index in [1.54, 1.807) is 18.4 Å². The lowest BCUT2D eigenvalue weighted by Crippen LogP contribution is -2.34. The average Bonchev–Trinajstić information content (AvgIpc) is 2.70. The van der Waals surface area contributed by atoms with Crippen molar-refractivity contribution in [2.24, 2.45) is 5.10 Å². The summed E-state index contributed by atoms with van der Waals surface area (Å²) in [5.74, 6) is -0.314. The Morgan fingerprint density at radius 3 is 2.81 bits per heavy atom.